The van der Waals surface area contributed by atoms with Crippen LogP contribution in [0, 0.1) is 10.1 Å². The van der Waals surface area contributed by atoms with Gasteiger partial charge in [0, 0.05) is 25.7 Å². The first-order chi connectivity index (χ1) is 9.50. The van der Waals surface area contributed by atoms with Gasteiger partial charge in [-0.1, -0.05) is 0 Å². The Morgan fingerprint density at radius 2 is 2.10 bits per heavy atom. The quantitative estimate of drug-likeness (QED) is 0.569. The third kappa shape index (κ3) is 1.66. The number of amides is 2. The molecule has 1 saturated heterocycles. The maximum absolute atomic E-state index is 12.5. The molecule has 1 atom stereocenters. The molecule has 0 bridgehead atoms. The fraction of sp³-hybridized carbons (Fsp3) is 0.385. The van der Waals surface area contributed by atoms with Gasteiger partial charge < -0.3 is 9.80 Å². The van der Waals surface area contributed by atoms with Gasteiger partial charge in [-0.2, -0.15) is 0 Å². The third-order valence-electron chi connectivity index (χ3n) is 3.91. The van der Waals surface area contributed by atoms with Crippen LogP contribution in [0.3, 0.4) is 0 Å². The first kappa shape index (κ1) is 12.6. The number of anilines is 1. The van der Waals surface area contributed by atoms with Crippen molar-refractivity contribution in [2.75, 3.05) is 18.5 Å². The molecule has 3 rings (SSSR count). The lowest BCUT2D eigenvalue weighted by Crippen LogP contribution is -2.43. The predicted octanol–water partition coefficient (Wildman–Crippen LogP) is 1.18. The van der Waals surface area contributed by atoms with E-state index in [1.54, 1.807) is 7.05 Å². The topological polar surface area (TPSA) is 83.8 Å². The monoisotopic (exact) mass is 275 g/mol. The Hall–Kier alpha value is -2.44. The van der Waals surface area contributed by atoms with Crippen molar-refractivity contribution in [3.05, 3.63) is 33.9 Å². The van der Waals surface area contributed by atoms with Crippen LogP contribution in [-0.2, 0) is 4.79 Å². The first-order valence-corrected chi connectivity index (χ1v) is 6.37. The molecule has 0 saturated carbocycles. The highest BCUT2D eigenvalue weighted by molar-refractivity contribution is 6.11. The Kier molecular flexibility index (Phi) is 2.70. The van der Waals surface area contributed by atoms with Crippen molar-refractivity contribution in [1.29, 1.82) is 0 Å². The van der Waals surface area contributed by atoms with Crippen molar-refractivity contribution < 1.29 is 14.5 Å². The Labute approximate surface area is 114 Å². The standard InChI is InChI=1S/C13H13N3O4/c1-14-10-5-4-8(16(19)20)7-9(10)12(17)15-6-2-3-11(15)13(14)18/h4-5,7,11H,2-3,6H2,1H3. The average Bonchev–Trinajstić information content (AvgIpc) is 2.91. The zero-order valence-corrected chi connectivity index (χ0v) is 10.9. The molecule has 1 aromatic carbocycles. The second kappa shape index (κ2) is 4.29. The number of benzene rings is 1. The Balaban J connectivity index is 2.17. The van der Waals surface area contributed by atoms with Gasteiger partial charge in [-0.05, 0) is 18.9 Å². The van der Waals surface area contributed by atoms with E-state index in [2.05, 4.69) is 0 Å². The number of nitro groups is 1. The lowest BCUT2D eigenvalue weighted by molar-refractivity contribution is -0.384. The SMILES string of the molecule is CN1C(=O)C2CCCN2C(=O)c2cc([N+](=O)[O-])ccc21. The summed E-state index contributed by atoms with van der Waals surface area (Å²) in [5.41, 5.74) is 0.509. The van der Waals surface area contributed by atoms with E-state index in [0.717, 1.165) is 6.42 Å². The lowest BCUT2D eigenvalue weighted by atomic mass is 10.1. The molecule has 2 amide bonds. The van der Waals surface area contributed by atoms with Gasteiger partial charge in [-0.3, -0.25) is 19.7 Å². The van der Waals surface area contributed by atoms with Crippen LogP contribution in [-0.4, -0.2) is 41.3 Å². The maximum Gasteiger partial charge on any atom is 0.270 e. The molecule has 7 heteroatoms. The molecule has 1 unspecified atom stereocenters. The van der Waals surface area contributed by atoms with Crippen LogP contribution in [0.5, 0.6) is 0 Å². The highest BCUT2D eigenvalue weighted by Gasteiger charge is 2.41. The van der Waals surface area contributed by atoms with E-state index in [9.17, 15) is 19.7 Å². The molecule has 1 fully saturated rings. The van der Waals surface area contributed by atoms with Gasteiger partial charge in [0.15, 0.2) is 0 Å². The van der Waals surface area contributed by atoms with Crippen molar-refractivity contribution in [3.63, 3.8) is 0 Å². The van der Waals surface area contributed by atoms with Gasteiger partial charge in [0.25, 0.3) is 11.6 Å². The summed E-state index contributed by atoms with van der Waals surface area (Å²) >= 11 is 0. The number of carbonyl (C=O) groups excluding carboxylic acids is 2. The first-order valence-electron chi connectivity index (χ1n) is 6.37. The second-order valence-electron chi connectivity index (χ2n) is 5.01. The molecule has 0 spiro atoms. The minimum Gasteiger partial charge on any atom is -0.327 e. The van der Waals surface area contributed by atoms with E-state index in [-0.39, 0.29) is 23.1 Å². The summed E-state index contributed by atoms with van der Waals surface area (Å²) in [5, 5.41) is 10.9. The lowest BCUT2D eigenvalue weighted by Gasteiger charge is -2.22. The van der Waals surface area contributed by atoms with Gasteiger partial charge in [0.1, 0.15) is 6.04 Å². The highest BCUT2D eigenvalue weighted by Crippen LogP contribution is 2.33. The average molecular weight is 275 g/mol. The van der Waals surface area contributed by atoms with Crippen LogP contribution in [0.4, 0.5) is 11.4 Å². The van der Waals surface area contributed by atoms with E-state index in [0.29, 0.717) is 18.7 Å². The minimum atomic E-state index is -0.540. The third-order valence-corrected chi connectivity index (χ3v) is 3.91. The molecule has 0 aliphatic carbocycles. The van der Waals surface area contributed by atoms with Crippen molar-refractivity contribution in [1.82, 2.24) is 4.90 Å². The highest BCUT2D eigenvalue weighted by atomic mass is 16.6. The van der Waals surface area contributed by atoms with Crippen molar-refractivity contribution >= 4 is 23.2 Å². The summed E-state index contributed by atoms with van der Waals surface area (Å²) < 4.78 is 0. The smallest absolute Gasteiger partial charge is 0.270 e. The molecule has 2 aliphatic rings. The van der Waals surface area contributed by atoms with Crippen molar-refractivity contribution in [2.45, 2.75) is 18.9 Å². The van der Waals surface area contributed by atoms with Gasteiger partial charge in [0.2, 0.25) is 5.91 Å². The van der Waals surface area contributed by atoms with Crippen LogP contribution >= 0.6 is 0 Å². The molecule has 1 aromatic rings. The molecular formula is C13H13N3O4. The Morgan fingerprint density at radius 3 is 2.80 bits per heavy atom. The number of likely N-dealkylation sites (N-methyl/N-ethyl adjacent to an activating group) is 1. The normalized spacial score (nSPS) is 21.6. The van der Waals surface area contributed by atoms with Gasteiger partial charge >= 0.3 is 0 Å². The van der Waals surface area contributed by atoms with E-state index in [4.69, 9.17) is 0 Å². The zero-order chi connectivity index (χ0) is 14.4. The molecule has 20 heavy (non-hydrogen) atoms. The number of rotatable bonds is 1. The number of nitro benzene ring substituents is 1. The fourth-order valence-electron chi connectivity index (χ4n) is 2.86. The van der Waals surface area contributed by atoms with E-state index < -0.39 is 11.0 Å². The van der Waals surface area contributed by atoms with Crippen LogP contribution in [0.2, 0.25) is 0 Å². The number of carbonyl (C=O) groups is 2. The molecule has 2 aliphatic heterocycles. The van der Waals surface area contributed by atoms with Crippen LogP contribution in [0.1, 0.15) is 23.2 Å². The van der Waals surface area contributed by atoms with Crippen molar-refractivity contribution in [3.8, 4) is 0 Å². The van der Waals surface area contributed by atoms with Crippen LogP contribution in [0.25, 0.3) is 0 Å². The zero-order valence-electron chi connectivity index (χ0n) is 10.9. The molecule has 0 N–H and O–H groups in total. The Bertz CT molecular complexity index is 628. The maximum atomic E-state index is 12.5. The predicted molar refractivity (Wildman–Crippen MR) is 70.6 cm³/mol. The van der Waals surface area contributed by atoms with Gasteiger partial charge in [-0.15, -0.1) is 0 Å². The van der Waals surface area contributed by atoms with E-state index in [1.807, 2.05) is 0 Å². The van der Waals surface area contributed by atoms with E-state index in [1.165, 1.54) is 28.0 Å². The molecular weight excluding hydrogens is 262 g/mol. The molecule has 0 aromatic heterocycles. The summed E-state index contributed by atoms with van der Waals surface area (Å²) in [4.78, 5) is 38.1. The number of non-ortho nitro benzene ring substituents is 1. The molecule has 2 heterocycles. The van der Waals surface area contributed by atoms with E-state index >= 15 is 0 Å². The van der Waals surface area contributed by atoms with Gasteiger partial charge in [-0.25, -0.2) is 0 Å². The summed E-state index contributed by atoms with van der Waals surface area (Å²) in [6, 6.07) is 3.58. The summed E-state index contributed by atoms with van der Waals surface area (Å²) in [6.45, 7) is 0.519. The largest absolute Gasteiger partial charge is 0.327 e. The number of hydrogen-bond donors (Lipinski definition) is 0. The number of hydrogen-bond acceptors (Lipinski definition) is 4. The fourth-order valence-corrected chi connectivity index (χ4v) is 2.86. The Morgan fingerprint density at radius 1 is 1.35 bits per heavy atom. The summed E-state index contributed by atoms with van der Waals surface area (Å²) in [7, 11) is 1.60. The summed E-state index contributed by atoms with van der Waals surface area (Å²) in [6.07, 6.45) is 1.42. The van der Waals surface area contributed by atoms with Crippen LogP contribution < -0.4 is 4.90 Å². The summed E-state index contributed by atoms with van der Waals surface area (Å²) in [5.74, 6) is -0.438. The second-order valence-corrected chi connectivity index (χ2v) is 5.01. The van der Waals surface area contributed by atoms with Gasteiger partial charge in [0.05, 0.1) is 16.2 Å². The van der Waals surface area contributed by atoms with Crippen molar-refractivity contribution in [2.24, 2.45) is 0 Å². The van der Waals surface area contributed by atoms with Crippen LogP contribution in [0.15, 0.2) is 18.2 Å². The molecule has 7 nitrogen and oxygen atoms in total. The number of nitrogens with zero attached hydrogens (tertiary/aromatic N) is 3. The minimum absolute atomic E-state index is 0.136. The molecule has 104 valence electrons. The molecule has 0 radical (unpaired) electrons. The number of fused-ring (bicyclic) bond motifs is 2.